The monoisotopic (exact) mass is 589 g/mol. The highest BCUT2D eigenvalue weighted by molar-refractivity contribution is 7.25. The first kappa shape index (κ1) is 25.1. The van der Waals surface area contributed by atoms with E-state index < -0.39 is 11.9 Å². The van der Waals surface area contributed by atoms with E-state index in [1.165, 1.54) is 27.8 Å². The Kier molecular flexibility index (Phi) is 5.43. The number of aromatic nitrogens is 3. The summed E-state index contributed by atoms with van der Waals surface area (Å²) >= 11 is 1.76. The molecule has 0 aliphatic carbocycles. The highest BCUT2D eigenvalue weighted by atomic mass is 32.1. The number of pyridine rings is 2. The lowest BCUT2D eigenvalue weighted by molar-refractivity contribution is 0.515. The maximum absolute atomic E-state index is 14.4. The van der Waals surface area contributed by atoms with Gasteiger partial charge in [-0.05, 0) is 79.7 Å². The van der Waals surface area contributed by atoms with E-state index in [0.717, 1.165) is 54.2 Å². The molecule has 3 nitrogen and oxygen atoms in total. The van der Waals surface area contributed by atoms with Gasteiger partial charge in [0.1, 0.15) is 16.0 Å². The third-order valence-corrected chi connectivity index (χ3v) is 9.60. The van der Waals surface area contributed by atoms with Crippen molar-refractivity contribution in [2.45, 2.75) is 0 Å². The van der Waals surface area contributed by atoms with Gasteiger partial charge in [-0.1, -0.05) is 91.0 Å². The van der Waals surface area contributed by atoms with Crippen LogP contribution in [0.1, 0.15) is 0 Å². The molecule has 0 bridgehead atoms. The van der Waals surface area contributed by atoms with E-state index in [4.69, 9.17) is 4.98 Å². The maximum Gasteiger partial charge on any atom is 0.223 e. The molecule has 208 valence electrons. The second-order valence-electron chi connectivity index (χ2n) is 10.9. The Morgan fingerprint density at radius 3 is 1.75 bits per heavy atom. The van der Waals surface area contributed by atoms with Crippen molar-refractivity contribution in [1.29, 1.82) is 0 Å². The lowest BCUT2D eigenvalue weighted by Gasteiger charge is -2.18. The number of benzene rings is 5. The molecule has 0 saturated carbocycles. The van der Waals surface area contributed by atoms with Crippen LogP contribution < -0.4 is 0 Å². The van der Waals surface area contributed by atoms with Gasteiger partial charge in [0.15, 0.2) is 0 Å². The highest BCUT2D eigenvalue weighted by Crippen LogP contribution is 2.44. The van der Waals surface area contributed by atoms with Gasteiger partial charge < -0.3 is 0 Å². The standard InChI is InChI=1S/C38H21F2N3S/c39-32-19-18-25(37(40)41-32)22-13-15-23(16-14-22)34-26-7-1-3-9-28(26)35(29-10-4-2-8-27(29)34)24-17-20-33-42-36-30-11-5-6-12-31(30)44-38(36)43(33)21-24/h1-21H. The molecular weight excluding hydrogens is 569 g/mol. The van der Waals surface area contributed by atoms with E-state index in [0.29, 0.717) is 5.56 Å². The average molecular weight is 590 g/mol. The Labute approximate surface area is 254 Å². The van der Waals surface area contributed by atoms with E-state index in [1.807, 2.05) is 24.3 Å². The minimum atomic E-state index is -0.832. The Morgan fingerprint density at radius 1 is 0.523 bits per heavy atom. The smallest absolute Gasteiger partial charge is 0.223 e. The van der Waals surface area contributed by atoms with Crippen molar-refractivity contribution in [3.8, 4) is 33.4 Å². The molecule has 0 radical (unpaired) electrons. The zero-order chi connectivity index (χ0) is 29.4. The minimum absolute atomic E-state index is 0.269. The Balaban J connectivity index is 1.28. The lowest BCUT2D eigenvalue weighted by atomic mass is 9.86. The van der Waals surface area contributed by atoms with E-state index in [2.05, 4.69) is 101 Å². The molecule has 0 saturated heterocycles. The van der Waals surface area contributed by atoms with Gasteiger partial charge in [-0.2, -0.15) is 13.8 Å². The van der Waals surface area contributed by atoms with Crippen LogP contribution in [0.25, 0.3) is 81.0 Å². The number of hydrogen-bond donors (Lipinski definition) is 0. The summed E-state index contributed by atoms with van der Waals surface area (Å²) in [5.74, 6) is -1.65. The highest BCUT2D eigenvalue weighted by Gasteiger charge is 2.19. The first-order valence-electron chi connectivity index (χ1n) is 14.3. The summed E-state index contributed by atoms with van der Waals surface area (Å²) in [6.45, 7) is 0. The quantitative estimate of drug-likeness (QED) is 0.152. The van der Waals surface area contributed by atoms with Crippen LogP contribution in [-0.4, -0.2) is 14.4 Å². The third kappa shape index (κ3) is 3.71. The number of halogens is 2. The minimum Gasteiger partial charge on any atom is -0.290 e. The van der Waals surface area contributed by atoms with Crippen molar-refractivity contribution in [3.05, 3.63) is 139 Å². The van der Waals surface area contributed by atoms with Gasteiger partial charge in [0.2, 0.25) is 11.9 Å². The van der Waals surface area contributed by atoms with Crippen molar-refractivity contribution >= 4 is 59.0 Å². The number of nitrogens with zero attached hydrogens (tertiary/aromatic N) is 3. The number of fused-ring (bicyclic) bond motifs is 7. The topological polar surface area (TPSA) is 30.2 Å². The molecule has 0 unspecified atom stereocenters. The zero-order valence-corrected chi connectivity index (χ0v) is 23.9. The summed E-state index contributed by atoms with van der Waals surface area (Å²) < 4.78 is 31.3. The van der Waals surface area contributed by atoms with Crippen molar-refractivity contribution in [2.24, 2.45) is 0 Å². The van der Waals surface area contributed by atoms with Gasteiger partial charge in [-0.15, -0.1) is 11.3 Å². The number of hydrogen-bond acceptors (Lipinski definition) is 3. The summed E-state index contributed by atoms with van der Waals surface area (Å²) in [5.41, 5.74) is 7.28. The molecule has 9 aromatic rings. The van der Waals surface area contributed by atoms with Crippen molar-refractivity contribution in [3.63, 3.8) is 0 Å². The maximum atomic E-state index is 14.4. The SMILES string of the molecule is Fc1ccc(-c2ccc(-c3c4ccccc4c(-c4ccc5nc6c7ccccc7sc6n5c4)c4ccccc34)cc2)c(F)n1. The predicted octanol–water partition coefficient (Wildman–Crippen LogP) is 10.7. The van der Waals surface area contributed by atoms with E-state index in [-0.39, 0.29) is 5.56 Å². The van der Waals surface area contributed by atoms with Crippen LogP contribution in [0, 0.1) is 11.9 Å². The number of imidazole rings is 1. The summed E-state index contributed by atoms with van der Waals surface area (Å²) in [6, 6.07) is 40.0. The van der Waals surface area contributed by atoms with Crippen LogP contribution in [0.2, 0.25) is 0 Å². The summed E-state index contributed by atoms with van der Waals surface area (Å²) in [6.07, 6.45) is 2.22. The molecule has 0 amide bonds. The molecule has 0 fully saturated rings. The molecule has 6 heteroatoms. The van der Waals surface area contributed by atoms with Crippen molar-refractivity contribution < 1.29 is 8.78 Å². The second-order valence-corrected chi connectivity index (χ2v) is 11.9. The molecule has 9 rings (SSSR count). The molecule has 0 aliphatic rings. The molecule has 0 spiro atoms. The Morgan fingerprint density at radius 2 is 1.09 bits per heavy atom. The van der Waals surface area contributed by atoms with Crippen LogP contribution in [-0.2, 0) is 0 Å². The van der Waals surface area contributed by atoms with Crippen LogP contribution in [0.4, 0.5) is 8.78 Å². The molecule has 4 heterocycles. The van der Waals surface area contributed by atoms with Gasteiger partial charge in [0, 0.05) is 21.8 Å². The Bertz CT molecular complexity index is 2520. The third-order valence-electron chi connectivity index (χ3n) is 8.44. The molecule has 0 aliphatic heterocycles. The fourth-order valence-corrected chi connectivity index (χ4v) is 7.62. The Hall–Kier alpha value is -5.46. The largest absolute Gasteiger partial charge is 0.290 e. The number of thiophene rings is 1. The van der Waals surface area contributed by atoms with Crippen molar-refractivity contribution in [2.75, 3.05) is 0 Å². The van der Waals surface area contributed by atoms with Gasteiger partial charge in [-0.3, -0.25) is 4.40 Å². The summed E-state index contributed by atoms with van der Waals surface area (Å²) in [5, 5.41) is 5.72. The molecular formula is C38H21F2N3S. The fraction of sp³-hybridized carbons (Fsp3) is 0. The van der Waals surface area contributed by atoms with Crippen LogP contribution in [0.15, 0.2) is 128 Å². The van der Waals surface area contributed by atoms with E-state index >= 15 is 0 Å². The van der Waals surface area contributed by atoms with Crippen LogP contribution in [0.5, 0.6) is 0 Å². The zero-order valence-electron chi connectivity index (χ0n) is 23.1. The van der Waals surface area contributed by atoms with Crippen LogP contribution in [0.3, 0.4) is 0 Å². The molecule has 4 aromatic heterocycles. The fourth-order valence-electron chi connectivity index (χ4n) is 6.49. The molecule has 44 heavy (non-hydrogen) atoms. The van der Waals surface area contributed by atoms with Crippen molar-refractivity contribution in [1.82, 2.24) is 14.4 Å². The second kappa shape index (κ2) is 9.53. The first-order chi connectivity index (χ1) is 21.6. The summed E-state index contributed by atoms with van der Waals surface area (Å²) in [7, 11) is 0. The van der Waals surface area contributed by atoms with E-state index in [9.17, 15) is 8.78 Å². The van der Waals surface area contributed by atoms with Gasteiger partial charge >= 0.3 is 0 Å². The molecule has 0 atom stereocenters. The lowest BCUT2D eigenvalue weighted by Crippen LogP contribution is -1.93. The normalized spacial score (nSPS) is 11.9. The first-order valence-corrected chi connectivity index (χ1v) is 15.1. The molecule has 5 aromatic carbocycles. The number of rotatable bonds is 3. The van der Waals surface area contributed by atoms with Gasteiger partial charge in [-0.25, -0.2) is 4.98 Å². The predicted molar refractivity (Wildman–Crippen MR) is 177 cm³/mol. The van der Waals surface area contributed by atoms with Gasteiger partial charge in [0.05, 0.1) is 0 Å². The van der Waals surface area contributed by atoms with Gasteiger partial charge in [0.25, 0.3) is 0 Å². The van der Waals surface area contributed by atoms with Crippen LogP contribution >= 0.6 is 11.3 Å². The average Bonchev–Trinajstić information content (AvgIpc) is 3.60. The summed E-state index contributed by atoms with van der Waals surface area (Å²) in [4.78, 5) is 9.48. The van der Waals surface area contributed by atoms with E-state index in [1.54, 1.807) is 11.3 Å². The molecule has 0 N–H and O–H groups in total.